The molecule has 1 fully saturated rings. The Bertz CT molecular complexity index is 833. The summed E-state index contributed by atoms with van der Waals surface area (Å²) in [6.45, 7) is 2.94. The normalized spacial score (nSPS) is 16.0. The van der Waals surface area contributed by atoms with Crippen LogP contribution < -0.4 is 20.9 Å². The molecule has 3 N–H and O–H groups in total. The molecule has 30 heavy (non-hydrogen) atoms. The lowest BCUT2D eigenvalue weighted by molar-refractivity contribution is -0.121. The Morgan fingerprint density at radius 1 is 1.17 bits per heavy atom. The van der Waals surface area contributed by atoms with Crippen molar-refractivity contribution in [3.05, 3.63) is 65.2 Å². The van der Waals surface area contributed by atoms with Crippen molar-refractivity contribution in [2.45, 2.75) is 25.4 Å². The van der Waals surface area contributed by atoms with Gasteiger partial charge in [0.05, 0.1) is 0 Å². The van der Waals surface area contributed by atoms with Crippen LogP contribution >= 0.6 is 35.6 Å². The summed E-state index contributed by atoms with van der Waals surface area (Å²) in [6, 6.07) is 18.1. The number of carbonyl (C=O) groups excluding carboxylic acids is 1. The number of benzene rings is 2. The third-order valence-electron chi connectivity index (χ3n) is 4.90. The quantitative estimate of drug-likeness (QED) is 0.286. The van der Waals surface area contributed by atoms with Gasteiger partial charge in [-0.1, -0.05) is 48.0 Å². The molecule has 1 amide bonds. The maximum absolute atomic E-state index is 12.0. The minimum absolute atomic E-state index is 0. The highest BCUT2D eigenvalue weighted by molar-refractivity contribution is 14.0. The lowest BCUT2D eigenvalue weighted by atomic mass is 10.2. The first-order valence-electron chi connectivity index (χ1n) is 9.92. The van der Waals surface area contributed by atoms with E-state index in [9.17, 15) is 4.79 Å². The third kappa shape index (κ3) is 7.68. The number of hydrogen-bond acceptors (Lipinski definition) is 3. The minimum Gasteiger partial charge on any atom is -0.369 e. The molecule has 1 aliphatic heterocycles. The summed E-state index contributed by atoms with van der Waals surface area (Å²) >= 11 is 6.10. The Balaban J connectivity index is 0.00000320. The summed E-state index contributed by atoms with van der Waals surface area (Å²) in [7, 11) is 1.74. The Kier molecular flexibility index (Phi) is 10.2. The summed E-state index contributed by atoms with van der Waals surface area (Å²) in [4.78, 5) is 18.6. The van der Waals surface area contributed by atoms with Gasteiger partial charge in [0.15, 0.2) is 5.96 Å². The zero-order valence-electron chi connectivity index (χ0n) is 17.1. The van der Waals surface area contributed by atoms with Crippen LogP contribution in [0.2, 0.25) is 5.02 Å². The molecule has 0 aliphatic carbocycles. The van der Waals surface area contributed by atoms with Gasteiger partial charge < -0.3 is 20.9 Å². The molecule has 0 bridgehead atoms. The highest BCUT2D eigenvalue weighted by atomic mass is 127. The fourth-order valence-electron chi connectivity index (χ4n) is 3.35. The maximum Gasteiger partial charge on any atom is 0.222 e. The first kappa shape index (κ1) is 24.3. The number of anilines is 1. The van der Waals surface area contributed by atoms with Crippen LogP contribution in [-0.2, 0) is 11.3 Å². The van der Waals surface area contributed by atoms with E-state index in [-0.39, 0.29) is 29.9 Å². The number of hydrogen-bond donors (Lipinski definition) is 3. The second-order valence-electron chi connectivity index (χ2n) is 7.07. The summed E-state index contributed by atoms with van der Waals surface area (Å²) in [6.07, 6.45) is 1.41. The number of halogens is 2. The molecule has 0 aromatic heterocycles. The topological polar surface area (TPSA) is 68.8 Å². The van der Waals surface area contributed by atoms with Gasteiger partial charge >= 0.3 is 0 Å². The Hall–Kier alpha value is -2.00. The molecule has 2 aromatic rings. The van der Waals surface area contributed by atoms with Gasteiger partial charge in [0, 0.05) is 56.4 Å². The second kappa shape index (κ2) is 12.6. The van der Waals surface area contributed by atoms with Crippen LogP contribution in [0.15, 0.2) is 59.6 Å². The van der Waals surface area contributed by atoms with E-state index in [2.05, 4.69) is 31.9 Å². The standard InChI is InChI=1S/C22H28ClN5O.HI/c1-24-22(25-12-10-21(29)26-15-17-6-3-2-4-7-17)27-19-11-13-28(16-19)20-9-5-8-18(23)14-20;/h2-9,14,19H,10-13,15-16H2,1H3,(H,26,29)(H2,24,25,27);1H. The zero-order valence-corrected chi connectivity index (χ0v) is 20.2. The van der Waals surface area contributed by atoms with Gasteiger partial charge in [-0.3, -0.25) is 9.79 Å². The number of aliphatic imine (C=N–C) groups is 1. The smallest absolute Gasteiger partial charge is 0.222 e. The van der Waals surface area contributed by atoms with Gasteiger partial charge in [-0.15, -0.1) is 24.0 Å². The third-order valence-corrected chi connectivity index (χ3v) is 5.14. The molecule has 8 heteroatoms. The molecule has 162 valence electrons. The van der Waals surface area contributed by atoms with Crippen molar-refractivity contribution in [2.24, 2.45) is 4.99 Å². The number of rotatable bonds is 7. The minimum atomic E-state index is 0. The van der Waals surface area contributed by atoms with E-state index in [1.54, 1.807) is 7.05 Å². The lowest BCUT2D eigenvalue weighted by Gasteiger charge is -2.20. The highest BCUT2D eigenvalue weighted by Crippen LogP contribution is 2.23. The fraction of sp³-hybridized carbons (Fsp3) is 0.364. The van der Waals surface area contributed by atoms with E-state index in [4.69, 9.17) is 11.6 Å². The molecule has 1 aliphatic rings. The van der Waals surface area contributed by atoms with E-state index in [1.807, 2.05) is 48.5 Å². The van der Waals surface area contributed by atoms with Gasteiger partial charge in [0.25, 0.3) is 0 Å². The summed E-state index contributed by atoms with van der Waals surface area (Å²) < 4.78 is 0. The van der Waals surface area contributed by atoms with E-state index in [1.165, 1.54) is 0 Å². The van der Waals surface area contributed by atoms with Crippen LogP contribution in [0, 0.1) is 0 Å². The van der Waals surface area contributed by atoms with Crippen LogP contribution in [0.4, 0.5) is 5.69 Å². The van der Waals surface area contributed by atoms with E-state index in [0.717, 1.165) is 41.7 Å². The predicted molar refractivity (Wildman–Crippen MR) is 135 cm³/mol. The molecular formula is C22H29ClIN5O. The molecule has 1 atom stereocenters. The molecule has 1 unspecified atom stereocenters. The van der Waals surface area contributed by atoms with Crippen LogP contribution in [-0.4, -0.2) is 44.6 Å². The molecule has 3 rings (SSSR count). The van der Waals surface area contributed by atoms with Crippen LogP contribution in [0.25, 0.3) is 0 Å². The van der Waals surface area contributed by atoms with Crippen molar-refractivity contribution in [2.75, 3.05) is 31.6 Å². The fourth-order valence-corrected chi connectivity index (χ4v) is 3.54. The second-order valence-corrected chi connectivity index (χ2v) is 7.50. The number of amides is 1. The maximum atomic E-state index is 12.0. The van der Waals surface area contributed by atoms with Crippen molar-refractivity contribution in [3.63, 3.8) is 0 Å². The van der Waals surface area contributed by atoms with Crippen LogP contribution in [0.3, 0.4) is 0 Å². The van der Waals surface area contributed by atoms with Gasteiger partial charge in [-0.05, 0) is 30.2 Å². The SMILES string of the molecule is CN=C(NCCC(=O)NCc1ccccc1)NC1CCN(c2cccc(Cl)c2)C1.I. The number of carbonyl (C=O) groups is 1. The molecule has 0 radical (unpaired) electrons. The van der Waals surface area contributed by atoms with Gasteiger partial charge in [0.2, 0.25) is 5.91 Å². The molecule has 1 saturated heterocycles. The number of nitrogens with one attached hydrogen (secondary N) is 3. The highest BCUT2D eigenvalue weighted by Gasteiger charge is 2.23. The first-order chi connectivity index (χ1) is 14.1. The van der Waals surface area contributed by atoms with Crippen LogP contribution in [0.1, 0.15) is 18.4 Å². The molecule has 0 spiro atoms. The largest absolute Gasteiger partial charge is 0.369 e. The van der Waals surface area contributed by atoms with Crippen molar-refractivity contribution >= 4 is 53.1 Å². The van der Waals surface area contributed by atoms with Gasteiger partial charge in [-0.2, -0.15) is 0 Å². The monoisotopic (exact) mass is 541 g/mol. The number of guanidine groups is 1. The van der Waals surface area contributed by atoms with Crippen LogP contribution in [0.5, 0.6) is 0 Å². The van der Waals surface area contributed by atoms with Crippen molar-refractivity contribution in [1.29, 1.82) is 0 Å². The molecular weight excluding hydrogens is 513 g/mol. The molecule has 0 saturated carbocycles. The average Bonchev–Trinajstić information content (AvgIpc) is 3.21. The Morgan fingerprint density at radius 2 is 1.97 bits per heavy atom. The Labute approximate surface area is 200 Å². The van der Waals surface area contributed by atoms with E-state index < -0.39 is 0 Å². The molecule has 1 heterocycles. The summed E-state index contributed by atoms with van der Waals surface area (Å²) in [5.74, 6) is 0.739. The van der Waals surface area contributed by atoms with E-state index in [0.29, 0.717) is 25.6 Å². The predicted octanol–water partition coefficient (Wildman–Crippen LogP) is 3.41. The average molecular weight is 542 g/mol. The first-order valence-corrected chi connectivity index (χ1v) is 10.3. The molecule has 6 nitrogen and oxygen atoms in total. The van der Waals surface area contributed by atoms with Crippen molar-refractivity contribution in [1.82, 2.24) is 16.0 Å². The summed E-state index contributed by atoms with van der Waals surface area (Å²) in [5.41, 5.74) is 2.23. The number of nitrogens with zero attached hydrogens (tertiary/aromatic N) is 2. The lowest BCUT2D eigenvalue weighted by Crippen LogP contribution is -2.45. The summed E-state index contributed by atoms with van der Waals surface area (Å²) in [5, 5.41) is 10.4. The molecule has 2 aromatic carbocycles. The zero-order chi connectivity index (χ0) is 20.5. The Morgan fingerprint density at radius 3 is 2.70 bits per heavy atom. The van der Waals surface area contributed by atoms with Crippen molar-refractivity contribution in [3.8, 4) is 0 Å². The van der Waals surface area contributed by atoms with E-state index >= 15 is 0 Å². The van der Waals surface area contributed by atoms with Gasteiger partial charge in [0.1, 0.15) is 0 Å². The van der Waals surface area contributed by atoms with Crippen molar-refractivity contribution < 1.29 is 4.79 Å². The van der Waals surface area contributed by atoms with Gasteiger partial charge in [-0.25, -0.2) is 0 Å².